The molecule has 1 atom stereocenters. The summed E-state index contributed by atoms with van der Waals surface area (Å²) in [6.45, 7) is 3.23. The Kier molecular flexibility index (Phi) is 6.33. The summed E-state index contributed by atoms with van der Waals surface area (Å²) in [6, 6.07) is 12.8. The lowest BCUT2D eigenvalue weighted by Crippen LogP contribution is -2.26. The van der Waals surface area contributed by atoms with Crippen molar-refractivity contribution in [3.05, 3.63) is 69.4 Å². The van der Waals surface area contributed by atoms with E-state index in [0.717, 1.165) is 31.4 Å². The smallest absolute Gasteiger partial charge is 0.333 e. The van der Waals surface area contributed by atoms with Crippen LogP contribution in [0.25, 0.3) is 0 Å². The highest BCUT2D eigenvalue weighted by molar-refractivity contribution is 7.17. The van der Waals surface area contributed by atoms with Gasteiger partial charge in [-0.3, -0.25) is 0 Å². The quantitative estimate of drug-likeness (QED) is 0.489. The van der Waals surface area contributed by atoms with Crippen LogP contribution in [0.2, 0.25) is 0 Å². The van der Waals surface area contributed by atoms with Crippen molar-refractivity contribution in [3.63, 3.8) is 0 Å². The van der Waals surface area contributed by atoms with Crippen LogP contribution in [0.5, 0.6) is 0 Å². The van der Waals surface area contributed by atoms with Gasteiger partial charge >= 0.3 is 5.97 Å². The number of carbonyl (C=O) groups is 1. The molecule has 0 spiro atoms. The topological polar surface area (TPSA) is 49.8 Å². The highest BCUT2D eigenvalue weighted by atomic mass is 32.1. The van der Waals surface area contributed by atoms with Crippen molar-refractivity contribution in [1.29, 1.82) is 0 Å². The van der Waals surface area contributed by atoms with E-state index in [2.05, 4.69) is 39.9 Å². The summed E-state index contributed by atoms with van der Waals surface area (Å²) in [5.74, 6) is -0.904. The van der Waals surface area contributed by atoms with E-state index in [1.165, 1.54) is 26.7 Å². The molecular formula is C23H25NO3S2. The van der Waals surface area contributed by atoms with Crippen molar-refractivity contribution in [2.24, 2.45) is 0 Å². The largest absolute Gasteiger partial charge is 0.479 e. The predicted molar refractivity (Wildman–Crippen MR) is 120 cm³/mol. The number of fused-ring (bicyclic) bond motifs is 2. The van der Waals surface area contributed by atoms with Gasteiger partial charge in [0, 0.05) is 26.0 Å². The maximum atomic E-state index is 11.3. The predicted octanol–water partition coefficient (Wildman–Crippen LogP) is 5.52. The molecule has 1 aromatic carbocycles. The van der Waals surface area contributed by atoms with Crippen molar-refractivity contribution >= 4 is 38.6 Å². The Hall–Kier alpha value is -2.15. The molecule has 0 aliphatic carbocycles. The fourth-order valence-corrected chi connectivity index (χ4v) is 5.80. The minimum atomic E-state index is -0.904. The molecule has 0 bridgehead atoms. The van der Waals surface area contributed by atoms with Crippen molar-refractivity contribution < 1.29 is 14.6 Å². The number of carboxylic acids is 1. The summed E-state index contributed by atoms with van der Waals surface area (Å²) in [4.78, 5) is 13.7. The third-order valence-electron chi connectivity index (χ3n) is 5.25. The molecule has 3 heterocycles. The SMILES string of the molecule is CCOC(Cc1ccc(CCCN2c3sccc3Cc3ccsc32)cc1)C(=O)O. The molecule has 0 amide bonds. The van der Waals surface area contributed by atoms with Crippen LogP contribution in [0.15, 0.2) is 47.2 Å². The number of benzene rings is 1. The Bertz CT molecular complexity index is 920. The fourth-order valence-electron chi connectivity index (χ4n) is 3.81. The lowest BCUT2D eigenvalue weighted by Gasteiger charge is -2.28. The van der Waals surface area contributed by atoms with E-state index >= 15 is 0 Å². The van der Waals surface area contributed by atoms with Gasteiger partial charge in [0.15, 0.2) is 6.10 Å². The number of thiophene rings is 2. The Balaban J connectivity index is 1.35. The zero-order valence-corrected chi connectivity index (χ0v) is 18.1. The number of nitrogens with zero attached hydrogens (tertiary/aromatic N) is 1. The second kappa shape index (κ2) is 9.11. The molecule has 4 nitrogen and oxygen atoms in total. The molecule has 29 heavy (non-hydrogen) atoms. The first-order valence-electron chi connectivity index (χ1n) is 9.98. The van der Waals surface area contributed by atoms with E-state index in [1.807, 2.05) is 41.7 Å². The minimum Gasteiger partial charge on any atom is -0.479 e. The van der Waals surface area contributed by atoms with Crippen LogP contribution in [0, 0.1) is 0 Å². The first-order chi connectivity index (χ1) is 14.2. The Morgan fingerprint density at radius 1 is 1.07 bits per heavy atom. The van der Waals surface area contributed by atoms with Crippen molar-refractivity contribution in [2.45, 2.75) is 38.7 Å². The summed E-state index contributed by atoms with van der Waals surface area (Å²) >= 11 is 3.67. The number of hydrogen-bond donors (Lipinski definition) is 1. The van der Waals surface area contributed by atoms with Gasteiger partial charge in [-0.1, -0.05) is 24.3 Å². The van der Waals surface area contributed by atoms with Crippen LogP contribution in [0.1, 0.15) is 35.6 Å². The fraction of sp³-hybridized carbons (Fsp3) is 0.348. The van der Waals surface area contributed by atoms with E-state index in [0.29, 0.717) is 13.0 Å². The molecule has 1 N–H and O–H groups in total. The standard InChI is InChI=1S/C23H25NO3S2/c1-2-27-20(23(25)26)14-17-7-5-16(6-8-17)4-3-11-24-21-18(9-12-28-21)15-19-10-13-29-22(19)24/h5-10,12-13,20H,2-4,11,14-15H2,1H3,(H,25,26). The van der Waals surface area contributed by atoms with E-state index in [9.17, 15) is 9.90 Å². The number of rotatable bonds is 9. The molecule has 0 saturated heterocycles. The van der Waals surface area contributed by atoms with Gasteiger partial charge in [0.1, 0.15) is 0 Å². The van der Waals surface area contributed by atoms with Gasteiger partial charge in [0.2, 0.25) is 0 Å². The van der Waals surface area contributed by atoms with Gasteiger partial charge in [0.25, 0.3) is 0 Å². The van der Waals surface area contributed by atoms with Gasteiger partial charge in [-0.15, -0.1) is 22.7 Å². The van der Waals surface area contributed by atoms with E-state index < -0.39 is 12.1 Å². The van der Waals surface area contributed by atoms with Crippen LogP contribution >= 0.6 is 22.7 Å². The number of hydrogen-bond acceptors (Lipinski definition) is 5. The second-order valence-corrected chi connectivity index (χ2v) is 9.03. The first kappa shape index (κ1) is 20.1. The molecule has 1 aliphatic heterocycles. The highest BCUT2D eigenvalue weighted by Crippen LogP contribution is 2.44. The van der Waals surface area contributed by atoms with Crippen LogP contribution in [0.4, 0.5) is 10.0 Å². The monoisotopic (exact) mass is 427 g/mol. The van der Waals surface area contributed by atoms with Crippen molar-refractivity contribution in [2.75, 3.05) is 18.1 Å². The number of carboxylic acid groups (broad SMARTS) is 1. The molecule has 1 unspecified atom stereocenters. The summed E-state index contributed by atoms with van der Waals surface area (Å²) in [6.07, 6.45) is 2.76. The van der Waals surface area contributed by atoms with Gasteiger partial charge in [-0.25, -0.2) is 4.79 Å². The molecule has 0 saturated carbocycles. The van der Waals surface area contributed by atoms with E-state index in [1.54, 1.807) is 0 Å². The number of aliphatic carboxylic acids is 1. The summed E-state index contributed by atoms with van der Waals surface area (Å²) < 4.78 is 5.31. The average molecular weight is 428 g/mol. The number of ether oxygens (including phenoxy) is 1. The molecule has 4 rings (SSSR count). The molecule has 152 valence electrons. The Morgan fingerprint density at radius 3 is 2.28 bits per heavy atom. The molecular weight excluding hydrogens is 402 g/mol. The number of aryl methyl sites for hydroxylation is 1. The normalized spacial score (nSPS) is 13.8. The average Bonchev–Trinajstić information content (AvgIpc) is 3.37. The summed E-state index contributed by atoms with van der Waals surface area (Å²) in [5.41, 5.74) is 5.16. The minimum absolute atomic E-state index is 0.402. The molecule has 0 fully saturated rings. The molecule has 6 heteroatoms. The third kappa shape index (κ3) is 4.55. The second-order valence-electron chi connectivity index (χ2n) is 7.24. The lowest BCUT2D eigenvalue weighted by atomic mass is 10.0. The maximum absolute atomic E-state index is 11.3. The van der Waals surface area contributed by atoms with Gasteiger partial charge < -0.3 is 14.7 Å². The van der Waals surface area contributed by atoms with E-state index in [4.69, 9.17) is 4.74 Å². The van der Waals surface area contributed by atoms with E-state index in [-0.39, 0.29) is 0 Å². The Labute approximate surface area is 179 Å². The number of anilines is 2. The third-order valence-corrected chi connectivity index (χ3v) is 7.21. The highest BCUT2D eigenvalue weighted by Gasteiger charge is 2.24. The maximum Gasteiger partial charge on any atom is 0.333 e. The molecule has 3 aromatic rings. The zero-order chi connectivity index (χ0) is 20.2. The summed E-state index contributed by atoms with van der Waals surface area (Å²) in [5, 5.41) is 16.4. The zero-order valence-electron chi connectivity index (χ0n) is 16.5. The van der Waals surface area contributed by atoms with Crippen LogP contribution in [-0.4, -0.2) is 30.3 Å². The molecule has 2 aromatic heterocycles. The lowest BCUT2D eigenvalue weighted by molar-refractivity contribution is -0.149. The van der Waals surface area contributed by atoms with Crippen LogP contribution < -0.4 is 4.90 Å². The van der Waals surface area contributed by atoms with Crippen molar-refractivity contribution in [3.8, 4) is 0 Å². The molecule has 0 radical (unpaired) electrons. The van der Waals surface area contributed by atoms with Gasteiger partial charge in [0.05, 0.1) is 10.0 Å². The van der Waals surface area contributed by atoms with Crippen LogP contribution in [-0.2, 0) is 28.8 Å². The summed E-state index contributed by atoms with van der Waals surface area (Å²) in [7, 11) is 0. The van der Waals surface area contributed by atoms with Crippen LogP contribution in [0.3, 0.4) is 0 Å². The van der Waals surface area contributed by atoms with Gasteiger partial charge in [-0.05, 0) is 64.9 Å². The molecule has 1 aliphatic rings. The van der Waals surface area contributed by atoms with Gasteiger partial charge in [-0.2, -0.15) is 0 Å². The first-order valence-corrected chi connectivity index (χ1v) is 11.7. The Morgan fingerprint density at radius 2 is 1.69 bits per heavy atom. The van der Waals surface area contributed by atoms with Crippen molar-refractivity contribution in [1.82, 2.24) is 0 Å².